The Labute approximate surface area is 118 Å². The standard InChI is InChI=1S/C14H31N3O2/c1-13(2)10-16-4-6-18-8-9-19-7-5-17-11-14(12-17)15-3/h13-16H,4-12H2,1-3H3. The first-order valence-corrected chi connectivity index (χ1v) is 7.48. The van der Waals surface area contributed by atoms with Crippen LogP contribution in [0.4, 0.5) is 0 Å². The van der Waals surface area contributed by atoms with Gasteiger partial charge in [-0.25, -0.2) is 0 Å². The Hall–Kier alpha value is -0.200. The lowest BCUT2D eigenvalue weighted by Gasteiger charge is -2.38. The van der Waals surface area contributed by atoms with Crippen molar-refractivity contribution in [3.8, 4) is 0 Å². The van der Waals surface area contributed by atoms with Crippen LogP contribution in [0.3, 0.4) is 0 Å². The Kier molecular flexibility index (Phi) is 9.38. The molecule has 5 nitrogen and oxygen atoms in total. The fraction of sp³-hybridized carbons (Fsp3) is 1.00. The van der Waals surface area contributed by atoms with E-state index in [4.69, 9.17) is 9.47 Å². The van der Waals surface area contributed by atoms with Gasteiger partial charge in [-0.3, -0.25) is 4.90 Å². The van der Waals surface area contributed by atoms with Crippen molar-refractivity contribution in [3.63, 3.8) is 0 Å². The highest BCUT2D eigenvalue weighted by atomic mass is 16.5. The van der Waals surface area contributed by atoms with E-state index in [-0.39, 0.29) is 0 Å². The van der Waals surface area contributed by atoms with Crippen LogP contribution in [0.2, 0.25) is 0 Å². The number of nitrogens with zero attached hydrogens (tertiary/aromatic N) is 1. The van der Waals surface area contributed by atoms with Crippen molar-refractivity contribution in [2.24, 2.45) is 5.92 Å². The second-order valence-electron chi connectivity index (χ2n) is 5.57. The van der Waals surface area contributed by atoms with Crippen molar-refractivity contribution in [1.29, 1.82) is 0 Å². The molecule has 0 bridgehead atoms. The first kappa shape index (κ1) is 16.9. The first-order valence-electron chi connectivity index (χ1n) is 7.48. The minimum absolute atomic E-state index is 0.682. The summed E-state index contributed by atoms with van der Waals surface area (Å²) < 4.78 is 11.0. The predicted molar refractivity (Wildman–Crippen MR) is 78.6 cm³/mol. The SMILES string of the molecule is CNC1CN(CCOCCOCCNCC(C)C)C1. The molecule has 0 aromatic carbocycles. The van der Waals surface area contributed by atoms with Gasteiger partial charge < -0.3 is 20.1 Å². The number of nitrogens with one attached hydrogen (secondary N) is 2. The van der Waals surface area contributed by atoms with Crippen LogP contribution >= 0.6 is 0 Å². The molecule has 1 heterocycles. The normalized spacial score (nSPS) is 17.1. The lowest BCUT2D eigenvalue weighted by molar-refractivity contribution is 0.0263. The van der Waals surface area contributed by atoms with E-state index in [1.807, 2.05) is 7.05 Å². The lowest BCUT2D eigenvalue weighted by Crippen LogP contribution is -2.57. The fourth-order valence-electron chi connectivity index (χ4n) is 1.99. The molecule has 0 aromatic heterocycles. The maximum Gasteiger partial charge on any atom is 0.0701 e. The van der Waals surface area contributed by atoms with Crippen molar-refractivity contribution in [2.45, 2.75) is 19.9 Å². The summed E-state index contributed by atoms with van der Waals surface area (Å²) in [6, 6.07) is 0.682. The quantitative estimate of drug-likeness (QED) is 0.496. The van der Waals surface area contributed by atoms with Crippen molar-refractivity contribution in [1.82, 2.24) is 15.5 Å². The Morgan fingerprint density at radius 2 is 1.79 bits per heavy atom. The van der Waals surface area contributed by atoms with Crippen LogP contribution in [0.15, 0.2) is 0 Å². The Morgan fingerprint density at radius 3 is 2.42 bits per heavy atom. The zero-order chi connectivity index (χ0) is 13.9. The average Bonchev–Trinajstić information content (AvgIpc) is 2.33. The third-order valence-corrected chi connectivity index (χ3v) is 3.27. The maximum absolute atomic E-state index is 5.55. The summed E-state index contributed by atoms with van der Waals surface area (Å²) in [4.78, 5) is 2.40. The number of hydrogen-bond acceptors (Lipinski definition) is 5. The van der Waals surface area contributed by atoms with E-state index in [9.17, 15) is 0 Å². The average molecular weight is 273 g/mol. The topological polar surface area (TPSA) is 45.8 Å². The minimum Gasteiger partial charge on any atom is -0.378 e. The number of ether oxygens (including phenoxy) is 2. The molecule has 2 N–H and O–H groups in total. The van der Waals surface area contributed by atoms with E-state index in [1.54, 1.807) is 0 Å². The van der Waals surface area contributed by atoms with E-state index in [2.05, 4.69) is 29.4 Å². The van der Waals surface area contributed by atoms with Gasteiger partial charge in [0.1, 0.15) is 0 Å². The molecule has 0 spiro atoms. The van der Waals surface area contributed by atoms with E-state index in [0.717, 1.165) is 45.9 Å². The van der Waals surface area contributed by atoms with Gasteiger partial charge >= 0.3 is 0 Å². The Balaban J connectivity index is 1.70. The highest BCUT2D eigenvalue weighted by Crippen LogP contribution is 2.05. The number of rotatable bonds is 12. The molecule has 0 aromatic rings. The third-order valence-electron chi connectivity index (χ3n) is 3.27. The molecular weight excluding hydrogens is 242 g/mol. The zero-order valence-electron chi connectivity index (χ0n) is 12.8. The molecule has 1 aliphatic rings. The van der Waals surface area contributed by atoms with Crippen molar-refractivity contribution < 1.29 is 9.47 Å². The third kappa shape index (κ3) is 8.55. The molecule has 5 heteroatoms. The molecule has 1 saturated heterocycles. The molecule has 0 saturated carbocycles. The molecule has 0 radical (unpaired) electrons. The van der Waals surface area contributed by atoms with Crippen LogP contribution in [-0.4, -0.2) is 77.1 Å². The summed E-state index contributed by atoms with van der Waals surface area (Å²) in [6.07, 6.45) is 0. The highest BCUT2D eigenvalue weighted by molar-refractivity contribution is 4.84. The molecule has 1 rings (SSSR count). The zero-order valence-corrected chi connectivity index (χ0v) is 12.8. The van der Waals surface area contributed by atoms with Gasteiger partial charge in [-0.1, -0.05) is 13.8 Å². The molecule has 0 unspecified atom stereocenters. The molecule has 1 aliphatic heterocycles. The molecule has 0 amide bonds. The van der Waals surface area contributed by atoms with E-state index in [0.29, 0.717) is 25.2 Å². The van der Waals surface area contributed by atoms with Gasteiger partial charge in [0.25, 0.3) is 0 Å². The Morgan fingerprint density at radius 1 is 1.11 bits per heavy atom. The molecule has 19 heavy (non-hydrogen) atoms. The second kappa shape index (κ2) is 10.6. The van der Waals surface area contributed by atoms with Crippen LogP contribution in [0.25, 0.3) is 0 Å². The molecular formula is C14H31N3O2. The van der Waals surface area contributed by atoms with Gasteiger partial charge in [-0.05, 0) is 19.5 Å². The summed E-state index contributed by atoms with van der Waals surface area (Å²) >= 11 is 0. The molecule has 0 atom stereocenters. The van der Waals surface area contributed by atoms with Gasteiger partial charge in [0.15, 0.2) is 0 Å². The van der Waals surface area contributed by atoms with Gasteiger partial charge in [-0.15, -0.1) is 0 Å². The summed E-state index contributed by atoms with van der Waals surface area (Å²) in [5.41, 5.74) is 0. The summed E-state index contributed by atoms with van der Waals surface area (Å²) in [7, 11) is 2.02. The van der Waals surface area contributed by atoms with Gasteiger partial charge in [0.2, 0.25) is 0 Å². The van der Waals surface area contributed by atoms with E-state index in [1.165, 1.54) is 0 Å². The molecule has 1 fully saturated rings. The smallest absolute Gasteiger partial charge is 0.0701 e. The predicted octanol–water partition coefficient (Wildman–Crippen LogP) is 0.169. The summed E-state index contributed by atoms with van der Waals surface area (Å²) in [5.74, 6) is 0.701. The number of likely N-dealkylation sites (N-methyl/N-ethyl adjacent to an activating group) is 1. The van der Waals surface area contributed by atoms with Crippen LogP contribution in [-0.2, 0) is 9.47 Å². The fourth-order valence-corrected chi connectivity index (χ4v) is 1.99. The van der Waals surface area contributed by atoms with Gasteiger partial charge in [0, 0.05) is 32.2 Å². The number of hydrogen-bond donors (Lipinski definition) is 2. The Bertz CT molecular complexity index is 209. The number of likely N-dealkylation sites (tertiary alicyclic amines) is 1. The van der Waals surface area contributed by atoms with E-state index < -0.39 is 0 Å². The van der Waals surface area contributed by atoms with Gasteiger partial charge in [-0.2, -0.15) is 0 Å². The lowest BCUT2D eigenvalue weighted by atomic mass is 10.1. The van der Waals surface area contributed by atoms with Crippen LogP contribution < -0.4 is 10.6 Å². The second-order valence-corrected chi connectivity index (χ2v) is 5.57. The van der Waals surface area contributed by atoms with Crippen LogP contribution in [0, 0.1) is 5.92 Å². The molecule has 114 valence electrons. The van der Waals surface area contributed by atoms with E-state index >= 15 is 0 Å². The minimum atomic E-state index is 0.682. The van der Waals surface area contributed by atoms with Crippen molar-refractivity contribution in [2.75, 3.05) is 66.2 Å². The summed E-state index contributed by atoms with van der Waals surface area (Å²) in [6.45, 7) is 12.7. The first-order chi connectivity index (χ1) is 9.22. The van der Waals surface area contributed by atoms with Crippen LogP contribution in [0.1, 0.15) is 13.8 Å². The van der Waals surface area contributed by atoms with Crippen molar-refractivity contribution >= 4 is 0 Å². The van der Waals surface area contributed by atoms with Gasteiger partial charge in [0.05, 0.1) is 26.4 Å². The van der Waals surface area contributed by atoms with Crippen molar-refractivity contribution in [3.05, 3.63) is 0 Å². The largest absolute Gasteiger partial charge is 0.378 e. The molecule has 0 aliphatic carbocycles. The maximum atomic E-state index is 5.55. The van der Waals surface area contributed by atoms with Crippen LogP contribution in [0.5, 0.6) is 0 Å². The summed E-state index contributed by atoms with van der Waals surface area (Å²) in [5, 5.41) is 6.61. The monoisotopic (exact) mass is 273 g/mol. The highest BCUT2D eigenvalue weighted by Gasteiger charge is 2.23.